The van der Waals surface area contributed by atoms with E-state index in [1.807, 2.05) is 55.8 Å². The van der Waals surface area contributed by atoms with Gasteiger partial charge in [0.25, 0.3) is 0 Å². The molecule has 2 heterocycles. The number of hydrogen-bond donors (Lipinski definition) is 0. The van der Waals surface area contributed by atoms with Crippen LogP contribution in [0.1, 0.15) is 39.2 Å². The van der Waals surface area contributed by atoms with E-state index in [4.69, 9.17) is 16.3 Å². The van der Waals surface area contributed by atoms with Crippen LogP contribution in [0.15, 0.2) is 18.3 Å². The molecular weight excluding hydrogens is 332 g/mol. The molecule has 128 valence electrons. The van der Waals surface area contributed by atoms with Gasteiger partial charge in [-0.3, -0.25) is 0 Å². The Kier molecular flexibility index (Phi) is 6.60. The summed E-state index contributed by atoms with van der Waals surface area (Å²) >= 11 is 7.68. The van der Waals surface area contributed by atoms with Crippen molar-refractivity contribution in [1.29, 1.82) is 0 Å². The Morgan fingerprint density at radius 3 is 2.91 bits per heavy atom. The number of ether oxygens (including phenoxy) is 1. The van der Waals surface area contributed by atoms with Crippen molar-refractivity contribution < 1.29 is 9.53 Å². The fourth-order valence-electron chi connectivity index (χ4n) is 2.53. The fraction of sp³-hybridized carbons (Fsp3) is 0.647. The topological polar surface area (TPSA) is 42.4 Å². The largest absolute Gasteiger partial charge is 0.444 e. The summed E-state index contributed by atoms with van der Waals surface area (Å²) in [5.41, 5.74) is 0.750. The molecule has 1 unspecified atom stereocenters. The van der Waals surface area contributed by atoms with E-state index in [1.54, 1.807) is 0 Å². The van der Waals surface area contributed by atoms with Crippen LogP contribution in [0.25, 0.3) is 0 Å². The van der Waals surface area contributed by atoms with E-state index in [-0.39, 0.29) is 6.09 Å². The Morgan fingerprint density at radius 2 is 2.26 bits per heavy atom. The van der Waals surface area contributed by atoms with Gasteiger partial charge in [-0.25, -0.2) is 9.78 Å². The lowest BCUT2D eigenvalue weighted by Gasteiger charge is -2.34. The van der Waals surface area contributed by atoms with Crippen LogP contribution in [-0.2, 0) is 10.5 Å². The van der Waals surface area contributed by atoms with Crippen molar-refractivity contribution in [1.82, 2.24) is 9.88 Å². The van der Waals surface area contributed by atoms with Gasteiger partial charge in [0.2, 0.25) is 0 Å². The summed E-state index contributed by atoms with van der Waals surface area (Å²) in [7, 11) is 0. The third-order valence-corrected chi connectivity index (χ3v) is 5.05. The molecule has 1 fully saturated rings. The van der Waals surface area contributed by atoms with Gasteiger partial charge in [-0.15, -0.1) is 0 Å². The van der Waals surface area contributed by atoms with Crippen LogP contribution in [0.3, 0.4) is 0 Å². The average molecular weight is 357 g/mol. The van der Waals surface area contributed by atoms with E-state index in [0.717, 1.165) is 31.0 Å². The molecule has 1 atom stereocenters. The highest BCUT2D eigenvalue weighted by molar-refractivity contribution is 7.98. The number of likely N-dealkylation sites (tertiary alicyclic amines) is 1. The van der Waals surface area contributed by atoms with Crippen LogP contribution >= 0.6 is 23.4 Å². The van der Waals surface area contributed by atoms with E-state index in [9.17, 15) is 4.79 Å². The molecule has 0 saturated carbocycles. The molecule has 0 aliphatic carbocycles. The average Bonchev–Trinajstić information content (AvgIpc) is 2.48. The maximum atomic E-state index is 12.2. The first-order valence-electron chi connectivity index (χ1n) is 7.99. The number of amides is 1. The Labute approximate surface area is 147 Å². The SMILES string of the molecule is CC(C)(C)OC(=O)N1CCCC(CSCc2ccc(Cl)nc2)C1. The van der Waals surface area contributed by atoms with Crippen LogP contribution in [0, 0.1) is 5.92 Å². The zero-order valence-electron chi connectivity index (χ0n) is 14.0. The van der Waals surface area contributed by atoms with Gasteiger partial charge in [-0.1, -0.05) is 17.7 Å². The molecule has 0 radical (unpaired) electrons. The summed E-state index contributed by atoms with van der Waals surface area (Å²) in [6, 6.07) is 3.83. The molecule has 1 aromatic heterocycles. The number of carbonyl (C=O) groups is 1. The summed E-state index contributed by atoms with van der Waals surface area (Å²) in [5, 5.41) is 0.527. The monoisotopic (exact) mass is 356 g/mol. The highest BCUT2D eigenvalue weighted by atomic mass is 35.5. The number of aromatic nitrogens is 1. The number of thioether (sulfide) groups is 1. The zero-order valence-corrected chi connectivity index (χ0v) is 15.6. The normalized spacial score (nSPS) is 18.8. The van der Waals surface area contributed by atoms with E-state index >= 15 is 0 Å². The van der Waals surface area contributed by atoms with E-state index in [2.05, 4.69) is 4.98 Å². The summed E-state index contributed by atoms with van der Waals surface area (Å²) in [6.07, 6.45) is 3.86. The summed E-state index contributed by atoms with van der Waals surface area (Å²) < 4.78 is 5.47. The van der Waals surface area contributed by atoms with E-state index < -0.39 is 5.60 Å². The molecule has 2 rings (SSSR count). The maximum Gasteiger partial charge on any atom is 0.410 e. The lowest BCUT2D eigenvalue weighted by atomic mass is 10.0. The minimum Gasteiger partial charge on any atom is -0.444 e. The van der Waals surface area contributed by atoms with Crippen molar-refractivity contribution in [2.75, 3.05) is 18.8 Å². The summed E-state index contributed by atoms with van der Waals surface area (Å²) in [4.78, 5) is 18.1. The van der Waals surface area contributed by atoms with Crippen molar-refractivity contribution in [2.24, 2.45) is 5.92 Å². The number of rotatable bonds is 4. The first-order valence-corrected chi connectivity index (χ1v) is 9.53. The predicted octanol–water partition coefficient (Wildman–Crippen LogP) is 4.62. The van der Waals surface area contributed by atoms with Gasteiger partial charge in [0.15, 0.2) is 0 Å². The van der Waals surface area contributed by atoms with Gasteiger partial charge >= 0.3 is 6.09 Å². The summed E-state index contributed by atoms with van der Waals surface area (Å²) in [5.74, 6) is 2.50. The van der Waals surface area contributed by atoms with Gasteiger partial charge in [0.1, 0.15) is 10.8 Å². The second-order valence-electron chi connectivity index (χ2n) is 6.94. The Balaban J connectivity index is 1.75. The smallest absolute Gasteiger partial charge is 0.410 e. The second kappa shape index (κ2) is 8.25. The number of hydrogen-bond acceptors (Lipinski definition) is 4. The van der Waals surface area contributed by atoms with Gasteiger partial charge < -0.3 is 9.64 Å². The van der Waals surface area contributed by atoms with Crippen molar-refractivity contribution in [3.63, 3.8) is 0 Å². The predicted molar refractivity (Wildman–Crippen MR) is 95.9 cm³/mol. The second-order valence-corrected chi connectivity index (χ2v) is 8.36. The minimum absolute atomic E-state index is 0.186. The number of carbonyl (C=O) groups excluding carboxylic acids is 1. The first-order chi connectivity index (χ1) is 10.8. The van der Waals surface area contributed by atoms with Crippen molar-refractivity contribution in [3.05, 3.63) is 29.0 Å². The number of pyridine rings is 1. The minimum atomic E-state index is -0.430. The Hall–Kier alpha value is -0.940. The lowest BCUT2D eigenvalue weighted by Crippen LogP contribution is -2.43. The van der Waals surface area contributed by atoms with Gasteiger partial charge in [-0.2, -0.15) is 11.8 Å². The van der Waals surface area contributed by atoms with Gasteiger partial charge in [-0.05, 0) is 56.9 Å². The number of halogens is 1. The fourth-order valence-corrected chi connectivity index (χ4v) is 3.77. The quantitative estimate of drug-likeness (QED) is 0.738. The molecule has 6 heteroatoms. The van der Waals surface area contributed by atoms with E-state index in [0.29, 0.717) is 11.1 Å². The van der Waals surface area contributed by atoms with Crippen LogP contribution in [0.5, 0.6) is 0 Å². The first kappa shape index (κ1) is 18.4. The Morgan fingerprint density at radius 1 is 1.48 bits per heavy atom. The third kappa shape index (κ3) is 6.60. The molecule has 1 aliphatic heterocycles. The molecule has 0 aromatic carbocycles. The van der Waals surface area contributed by atoms with Crippen LogP contribution in [0.2, 0.25) is 5.15 Å². The number of piperidine rings is 1. The van der Waals surface area contributed by atoms with E-state index in [1.165, 1.54) is 12.0 Å². The molecule has 0 spiro atoms. The molecule has 23 heavy (non-hydrogen) atoms. The van der Waals surface area contributed by atoms with Crippen molar-refractivity contribution in [3.8, 4) is 0 Å². The van der Waals surface area contributed by atoms with Crippen LogP contribution in [-0.4, -0.2) is 40.4 Å². The molecule has 1 amide bonds. The number of nitrogens with zero attached hydrogens (tertiary/aromatic N) is 2. The highest BCUT2D eigenvalue weighted by Crippen LogP contribution is 2.24. The van der Waals surface area contributed by atoms with Gasteiger partial charge in [0, 0.05) is 25.0 Å². The molecule has 1 aliphatic rings. The molecule has 0 N–H and O–H groups in total. The zero-order chi connectivity index (χ0) is 16.9. The molecule has 0 bridgehead atoms. The van der Waals surface area contributed by atoms with Crippen molar-refractivity contribution in [2.45, 2.75) is 45.0 Å². The highest BCUT2D eigenvalue weighted by Gasteiger charge is 2.27. The molecule has 4 nitrogen and oxygen atoms in total. The van der Waals surface area contributed by atoms with Crippen molar-refractivity contribution >= 4 is 29.5 Å². The summed E-state index contributed by atoms with van der Waals surface area (Å²) in [6.45, 7) is 7.31. The van der Waals surface area contributed by atoms with Gasteiger partial charge in [0.05, 0.1) is 0 Å². The lowest BCUT2D eigenvalue weighted by molar-refractivity contribution is 0.0177. The van der Waals surface area contributed by atoms with Crippen LogP contribution in [0.4, 0.5) is 4.79 Å². The Bertz CT molecular complexity index is 516. The standard InChI is InChI=1S/C17H25ClN2O2S/c1-17(2,3)22-16(21)20-8-4-5-14(10-20)12-23-11-13-6-7-15(18)19-9-13/h6-7,9,14H,4-5,8,10-12H2,1-3H3. The maximum absolute atomic E-state index is 12.2. The van der Waals surface area contributed by atoms with Crippen LogP contribution < -0.4 is 0 Å². The third-order valence-electron chi connectivity index (χ3n) is 3.58. The molecular formula is C17H25ClN2O2S. The molecule has 1 saturated heterocycles. The molecule has 1 aromatic rings.